The van der Waals surface area contributed by atoms with Gasteiger partial charge in [0.2, 0.25) is 0 Å². The first-order chi connectivity index (χ1) is 15.9. The van der Waals surface area contributed by atoms with E-state index in [0.29, 0.717) is 17.2 Å². The normalized spacial score (nSPS) is 17.3. The van der Waals surface area contributed by atoms with E-state index >= 15 is 0 Å². The second-order valence-corrected chi connectivity index (χ2v) is 7.41. The van der Waals surface area contributed by atoms with E-state index in [1.54, 1.807) is 12.1 Å². The zero-order chi connectivity index (χ0) is 23.4. The molecule has 0 aromatic heterocycles. The van der Waals surface area contributed by atoms with Crippen molar-refractivity contribution in [2.24, 2.45) is 4.99 Å². The number of rotatable bonds is 5. The molecular weight excluding hydrogens is 433 g/mol. The van der Waals surface area contributed by atoms with Gasteiger partial charge in [-0.2, -0.15) is 0 Å². The van der Waals surface area contributed by atoms with Gasteiger partial charge in [-0.1, -0.05) is 18.2 Å². The highest BCUT2D eigenvalue weighted by molar-refractivity contribution is 6.04. The lowest BCUT2D eigenvalue weighted by Crippen LogP contribution is -2.47. The van der Waals surface area contributed by atoms with Crippen molar-refractivity contribution in [1.82, 2.24) is 5.32 Å². The molecule has 9 heteroatoms. The zero-order valence-electron chi connectivity index (χ0n) is 17.6. The van der Waals surface area contributed by atoms with Crippen LogP contribution in [0.5, 0.6) is 5.75 Å². The Hall–Kier alpha value is -4.01. The number of methoxy groups -OCH3 is 1. The molecule has 2 amide bonds. The molecule has 1 aliphatic heterocycles. The minimum absolute atomic E-state index is 0.0499. The Morgan fingerprint density at radius 3 is 2.27 bits per heavy atom. The number of anilines is 2. The lowest BCUT2D eigenvalue weighted by atomic mass is 9.91. The molecule has 0 fully saturated rings. The van der Waals surface area contributed by atoms with Gasteiger partial charge < -0.3 is 20.7 Å². The van der Waals surface area contributed by atoms with Crippen LogP contribution in [0.4, 0.5) is 29.3 Å². The molecule has 0 spiro atoms. The first-order valence-corrected chi connectivity index (χ1v) is 10.2. The summed E-state index contributed by atoms with van der Waals surface area (Å²) in [6, 6.07) is 15.0. The number of benzene rings is 3. The molecule has 3 aromatic rings. The molecule has 2 atom stereocenters. The summed E-state index contributed by atoms with van der Waals surface area (Å²) >= 11 is 0. The van der Waals surface area contributed by atoms with Gasteiger partial charge in [-0.3, -0.25) is 4.99 Å². The average Bonchev–Trinajstić information content (AvgIpc) is 3.17. The van der Waals surface area contributed by atoms with Gasteiger partial charge in [-0.05, 0) is 36.4 Å². The molecule has 6 nitrogen and oxygen atoms in total. The topological polar surface area (TPSA) is 74.8 Å². The molecule has 4 rings (SSSR count). The smallest absolute Gasteiger partial charge is 0.319 e. The van der Waals surface area contributed by atoms with Crippen molar-refractivity contribution in [3.05, 3.63) is 89.7 Å². The fraction of sp³-hybridized carbons (Fsp3) is 0.167. The van der Waals surface area contributed by atoms with Crippen molar-refractivity contribution >= 4 is 23.2 Å². The molecule has 3 aromatic carbocycles. The third-order valence-electron chi connectivity index (χ3n) is 5.25. The Morgan fingerprint density at radius 2 is 1.64 bits per heavy atom. The van der Waals surface area contributed by atoms with Gasteiger partial charge in [0, 0.05) is 35.0 Å². The number of nitrogens with one attached hydrogen (secondary N) is 3. The zero-order valence-corrected chi connectivity index (χ0v) is 17.6. The minimum atomic E-state index is -0.858. The predicted molar refractivity (Wildman–Crippen MR) is 120 cm³/mol. The third-order valence-corrected chi connectivity index (χ3v) is 5.25. The summed E-state index contributed by atoms with van der Waals surface area (Å²) in [4.78, 5) is 17.1. The molecule has 1 heterocycles. The van der Waals surface area contributed by atoms with Crippen LogP contribution in [0, 0.1) is 17.5 Å². The molecule has 0 saturated heterocycles. The third kappa shape index (κ3) is 5.08. The van der Waals surface area contributed by atoms with Crippen molar-refractivity contribution in [3.63, 3.8) is 0 Å². The summed E-state index contributed by atoms with van der Waals surface area (Å²) in [7, 11) is 1.32. The summed E-state index contributed by atoms with van der Waals surface area (Å²) < 4.78 is 47.8. The Labute approximate surface area is 188 Å². The SMILES string of the molecule is COc1cc(F)c([C@@H]2CN=C(Nc3ccccc3)[C@H]2NC(=O)Nc2ccc(F)cc2)c(F)c1. The number of carbonyl (C=O) groups excluding carboxylic acids is 1. The number of hydrogen-bond acceptors (Lipinski definition) is 4. The highest BCUT2D eigenvalue weighted by Crippen LogP contribution is 2.33. The summed E-state index contributed by atoms with van der Waals surface area (Å²) in [5.74, 6) is -2.42. The van der Waals surface area contributed by atoms with Gasteiger partial charge in [0.25, 0.3) is 0 Å². The van der Waals surface area contributed by atoms with Crippen molar-refractivity contribution in [3.8, 4) is 5.75 Å². The fourth-order valence-electron chi connectivity index (χ4n) is 3.68. The van der Waals surface area contributed by atoms with Crippen LogP contribution in [0.3, 0.4) is 0 Å². The number of aliphatic imine (C=N–C) groups is 1. The maximum absolute atomic E-state index is 14.8. The second-order valence-electron chi connectivity index (χ2n) is 7.41. The van der Waals surface area contributed by atoms with Crippen molar-refractivity contribution < 1.29 is 22.7 Å². The van der Waals surface area contributed by atoms with E-state index in [9.17, 15) is 18.0 Å². The molecule has 3 N–H and O–H groups in total. The van der Waals surface area contributed by atoms with E-state index in [1.165, 1.54) is 31.4 Å². The highest BCUT2D eigenvalue weighted by Gasteiger charge is 2.37. The number of para-hydroxylation sites is 1. The van der Waals surface area contributed by atoms with Crippen LogP contribution in [-0.4, -0.2) is 31.6 Å². The Morgan fingerprint density at radius 1 is 0.970 bits per heavy atom. The quantitative estimate of drug-likeness (QED) is 0.513. The molecule has 0 saturated carbocycles. The number of hydrogen-bond donors (Lipinski definition) is 3. The maximum atomic E-state index is 14.8. The predicted octanol–water partition coefficient (Wildman–Crippen LogP) is 4.91. The Balaban J connectivity index is 1.61. The van der Waals surface area contributed by atoms with E-state index in [0.717, 1.165) is 12.1 Å². The van der Waals surface area contributed by atoms with E-state index < -0.39 is 35.4 Å². The van der Waals surface area contributed by atoms with Crippen LogP contribution < -0.4 is 20.7 Å². The monoisotopic (exact) mass is 454 g/mol. The van der Waals surface area contributed by atoms with Gasteiger partial charge in [0.05, 0.1) is 19.7 Å². The standard InChI is InChI=1S/C24H21F3N4O2/c1-33-17-11-19(26)21(20(27)12-17)18-13-28-23(29-15-5-3-2-4-6-15)22(18)31-24(32)30-16-9-7-14(25)8-10-16/h2-12,18,22H,13H2,1H3,(H,28,29)(H2,30,31,32)/t18-,22-/m0/s1. The number of ether oxygens (including phenoxy) is 1. The lowest BCUT2D eigenvalue weighted by Gasteiger charge is -2.24. The largest absolute Gasteiger partial charge is 0.497 e. The Kier molecular flexibility index (Phi) is 6.48. The molecule has 1 aliphatic rings. The van der Waals surface area contributed by atoms with Crippen LogP contribution in [-0.2, 0) is 0 Å². The van der Waals surface area contributed by atoms with Gasteiger partial charge in [0.1, 0.15) is 29.0 Å². The lowest BCUT2D eigenvalue weighted by molar-refractivity contribution is 0.250. The fourth-order valence-corrected chi connectivity index (χ4v) is 3.68. The van der Waals surface area contributed by atoms with E-state index in [1.807, 2.05) is 18.2 Å². The van der Waals surface area contributed by atoms with Gasteiger partial charge in [0.15, 0.2) is 0 Å². The van der Waals surface area contributed by atoms with Crippen molar-refractivity contribution in [1.29, 1.82) is 0 Å². The van der Waals surface area contributed by atoms with Crippen molar-refractivity contribution in [2.45, 2.75) is 12.0 Å². The summed E-state index contributed by atoms with van der Waals surface area (Å²) in [5.41, 5.74) is 0.870. The molecule has 170 valence electrons. The van der Waals surface area contributed by atoms with E-state index in [2.05, 4.69) is 20.9 Å². The molecule has 0 radical (unpaired) electrons. The Bertz CT molecular complexity index is 1150. The van der Waals surface area contributed by atoms with Gasteiger partial charge in [-0.15, -0.1) is 0 Å². The molecule has 0 aliphatic carbocycles. The molecule has 0 unspecified atom stereocenters. The highest BCUT2D eigenvalue weighted by atomic mass is 19.1. The molecular formula is C24H21F3N4O2. The summed E-state index contributed by atoms with van der Waals surface area (Å²) in [6.07, 6.45) is 0. The van der Waals surface area contributed by atoms with Crippen LogP contribution in [0.15, 0.2) is 71.7 Å². The van der Waals surface area contributed by atoms with Crippen LogP contribution in [0.2, 0.25) is 0 Å². The minimum Gasteiger partial charge on any atom is -0.497 e. The van der Waals surface area contributed by atoms with Crippen LogP contribution >= 0.6 is 0 Å². The van der Waals surface area contributed by atoms with Gasteiger partial charge in [-0.25, -0.2) is 18.0 Å². The average molecular weight is 454 g/mol. The number of amides is 2. The van der Waals surface area contributed by atoms with Crippen molar-refractivity contribution in [2.75, 3.05) is 24.3 Å². The maximum Gasteiger partial charge on any atom is 0.319 e. The van der Waals surface area contributed by atoms with E-state index in [4.69, 9.17) is 4.74 Å². The first kappa shape index (κ1) is 22.2. The van der Waals surface area contributed by atoms with Gasteiger partial charge >= 0.3 is 6.03 Å². The summed E-state index contributed by atoms with van der Waals surface area (Å²) in [6.45, 7) is 0.0524. The van der Waals surface area contributed by atoms with E-state index in [-0.39, 0.29) is 17.9 Å². The second kappa shape index (κ2) is 9.64. The number of carbonyl (C=O) groups is 1. The molecule has 0 bridgehead atoms. The number of nitrogens with zero attached hydrogens (tertiary/aromatic N) is 1. The first-order valence-electron chi connectivity index (χ1n) is 10.2. The van der Waals surface area contributed by atoms with Crippen LogP contribution in [0.1, 0.15) is 11.5 Å². The summed E-state index contributed by atoms with van der Waals surface area (Å²) in [5, 5.41) is 8.45. The molecule has 33 heavy (non-hydrogen) atoms. The number of halogens is 3. The van der Waals surface area contributed by atoms with Crippen LogP contribution in [0.25, 0.3) is 0 Å². The number of amidine groups is 1. The number of urea groups is 1.